The van der Waals surface area contributed by atoms with Gasteiger partial charge in [0.25, 0.3) is 0 Å². The molecule has 0 aromatic carbocycles. The fraction of sp³-hybridized carbons (Fsp3) is 0.400. The predicted octanol–water partition coefficient (Wildman–Crippen LogP) is 0.948. The van der Waals surface area contributed by atoms with Gasteiger partial charge in [-0.2, -0.15) is 5.10 Å². The highest BCUT2D eigenvalue weighted by Crippen LogP contribution is 2.08. The van der Waals surface area contributed by atoms with E-state index >= 15 is 0 Å². The van der Waals surface area contributed by atoms with Gasteiger partial charge >= 0.3 is 0 Å². The van der Waals surface area contributed by atoms with Gasteiger partial charge in [-0.15, -0.1) is 5.10 Å². The second-order valence-corrected chi connectivity index (χ2v) is 3.40. The monoisotopic (exact) mass is 192 g/mol. The summed E-state index contributed by atoms with van der Waals surface area (Å²) in [7, 11) is 1.96. The topological polar surface area (TPSA) is 55.0 Å². The molecular weight excluding hydrogens is 176 g/mol. The molecule has 0 aliphatic rings. The molecule has 2 N–H and O–H groups in total. The van der Waals surface area contributed by atoms with Crippen molar-refractivity contribution in [2.24, 2.45) is 5.73 Å². The minimum atomic E-state index is 0.428. The number of hydrogen-bond acceptors (Lipinski definition) is 4. The number of nitrogens with two attached hydrogens (primary N) is 1. The van der Waals surface area contributed by atoms with E-state index in [9.17, 15) is 0 Å². The molecule has 0 aliphatic carbocycles. The SMILES string of the molecule is C=C(C)CN(C)c1ccc(CN)nn1. The van der Waals surface area contributed by atoms with E-state index in [0.29, 0.717) is 6.54 Å². The lowest BCUT2D eigenvalue weighted by atomic mass is 10.3. The average Bonchev–Trinajstić information content (AvgIpc) is 2.17. The van der Waals surface area contributed by atoms with E-state index in [4.69, 9.17) is 5.73 Å². The van der Waals surface area contributed by atoms with Gasteiger partial charge < -0.3 is 10.6 Å². The molecule has 0 saturated heterocycles. The van der Waals surface area contributed by atoms with Crippen LogP contribution in [-0.4, -0.2) is 23.8 Å². The van der Waals surface area contributed by atoms with Gasteiger partial charge in [0.2, 0.25) is 0 Å². The van der Waals surface area contributed by atoms with Crippen molar-refractivity contribution in [1.82, 2.24) is 10.2 Å². The van der Waals surface area contributed by atoms with Crippen LogP contribution in [0.1, 0.15) is 12.6 Å². The normalized spacial score (nSPS) is 9.93. The van der Waals surface area contributed by atoms with E-state index in [1.807, 2.05) is 31.0 Å². The highest BCUT2D eigenvalue weighted by atomic mass is 15.2. The second-order valence-electron chi connectivity index (χ2n) is 3.40. The fourth-order valence-corrected chi connectivity index (χ4v) is 1.15. The summed E-state index contributed by atoms with van der Waals surface area (Å²) < 4.78 is 0. The molecule has 1 heterocycles. The lowest BCUT2D eigenvalue weighted by Crippen LogP contribution is -2.20. The van der Waals surface area contributed by atoms with Crippen LogP contribution < -0.4 is 10.6 Å². The van der Waals surface area contributed by atoms with E-state index in [-0.39, 0.29) is 0 Å². The van der Waals surface area contributed by atoms with E-state index in [2.05, 4.69) is 16.8 Å². The Balaban J connectivity index is 2.71. The minimum Gasteiger partial charge on any atom is -0.354 e. The van der Waals surface area contributed by atoms with Gasteiger partial charge in [-0.05, 0) is 19.1 Å². The van der Waals surface area contributed by atoms with Crippen LogP contribution in [0.3, 0.4) is 0 Å². The van der Waals surface area contributed by atoms with Crippen LogP contribution in [0.15, 0.2) is 24.3 Å². The molecule has 0 fully saturated rings. The molecule has 76 valence electrons. The molecule has 1 aromatic rings. The van der Waals surface area contributed by atoms with Crippen LogP contribution in [0.5, 0.6) is 0 Å². The van der Waals surface area contributed by atoms with Crippen molar-refractivity contribution < 1.29 is 0 Å². The Kier molecular flexibility index (Phi) is 3.59. The van der Waals surface area contributed by atoms with Crippen LogP contribution in [0.4, 0.5) is 5.82 Å². The van der Waals surface area contributed by atoms with Crippen LogP contribution in [-0.2, 0) is 6.54 Å². The Bertz CT molecular complexity index is 304. The smallest absolute Gasteiger partial charge is 0.151 e. The molecule has 14 heavy (non-hydrogen) atoms. The van der Waals surface area contributed by atoms with Crippen molar-refractivity contribution in [1.29, 1.82) is 0 Å². The van der Waals surface area contributed by atoms with Gasteiger partial charge in [0.1, 0.15) is 0 Å². The third-order valence-electron chi connectivity index (χ3n) is 1.81. The number of hydrogen-bond donors (Lipinski definition) is 1. The molecule has 0 amide bonds. The highest BCUT2D eigenvalue weighted by Gasteiger charge is 2.02. The lowest BCUT2D eigenvalue weighted by molar-refractivity contribution is 0.858. The summed E-state index contributed by atoms with van der Waals surface area (Å²) in [6, 6.07) is 3.80. The molecule has 0 bridgehead atoms. The highest BCUT2D eigenvalue weighted by molar-refractivity contribution is 5.37. The molecule has 0 radical (unpaired) electrons. The minimum absolute atomic E-state index is 0.428. The Morgan fingerprint density at radius 1 is 1.50 bits per heavy atom. The zero-order chi connectivity index (χ0) is 10.6. The third kappa shape index (κ3) is 2.81. The quantitative estimate of drug-likeness (QED) is 0.721. The molecule has 0 atom stereocenters. The van der Waals surface area contributed by atoms with E-state index in [0.717, 1.165) is 23.6 Å². The third-order valence-corrected chi connectivity index (χ3v) is 1.81. The summed E-state index contributed by atoms with van der Waals surface area (Å²) in [5.74, 6) is 0.838. The maximum absolute atomic E-state index is 5.43. The largest absolute Gasteiger partial charge is 0.354 e. The van der Waals surface area contributed by atoms with Crippen molar-refractivity contribution >= 4 is 5.82 Å². The van der Waals surface area contributed by atoms with Crippen molar-refractivity contribution in [2.75, 3.05) is 18.5 Å². The number of likely N-dealkylation sites (N-methyl/N-ethyl adjacent to an activating group) is 1. The van der Waals surface area contributed by atoms with Gasteiger partial charge in [-0.1, -0.05) is 12.2 Å². The van der Waals surface area contributed by atoms with Crippen LogP contribution in [0.25, 0.3) is 0 Å². The maximum Gasteiger partial charge on any atom is 0.151 e. The first-order valence-electron chi connectivity index (χ1n) is 4.51. The summed E-state index contributed by atoms with van der Waals surface area (Å²) >= 11 is 0. The number of nitrogens with zero attached hydrogens (tertiary/aromatic N) is 3. The van der Waals surface area contributed by atoms with Crippen LogP contribution in [0, 0.1) is 0 Å². The Morgan fingerprint density at radius 2 is 2.21 bits per heavy atom. The summed E-state index contributed by atoms with van der Waals surface area (Å²) in [6.07, 6.45) is 0. The van der Waals surface area contributed by atoms with Crippen LogP contribution >= 0.6 is 0 Å². The van der Waals surface area contributed by atoms with Crippen LogP contribution in [0.2, 0.25) is 0 Å². The summed E-state index contributed by atoms with van der Waals surface area (Å²) in [5.41, 5.74) is 7.32. The van der Waals surface area contributed by atoms with E-state index in [1.165, 1.54) is 0 Å². The first-order valence-corrected chi connectivity index (χ1v) is 4.51. The Hall–Kier alpha value is -1.42. The first-order chi connectivity index (χ1) is 6.63. The summed E-state index contributed by atoms with van der Waals surface area (Å²) in [5, 5.41) is 8.04. The van der Waals surface area contributed by atoms with Gasteiger partial charge in [0, 0.05) is 20.1 Å². The molecule has 0 saturated carbocycles. The number of anilines is 1. The zero-order valence-corrected chi connectivity index (χ0v) is 8.70. The second kappa shape index (κ2) is 4.72. The molecule has 0 spiro atoms. The van der Waals surface area contributed by atoms with Crippen molar-refractivity contribution in [2.45, 2.75) is 13.5 Å². The van der Waals surface area contributed by atoms with Crippen molar-refractivity contribution in [3.05, 3.63) is 30.0 Å². The van der Waals surface area contributed by atoms with Crippen molar-refractivity contribution in [3.63, 3.8) is 0 Å². The summed E-state index contributed by atoms with van der Waals surface area (Å²) in [4.78, 5) is 2.00. The average molecular weight is 192 g/mol. The first kappa shape index (κ1) is 10.7. The molecule has 0 aliphatic heterocycles. The van der Waals surface area contributed by atoms with Gasteiger partial charge in [0.05, 0.1) is 5.69 Å². The molecule has 0 unspecified atom stereocenters. The van der Waals surface area contributed by atoms with Gasteiger partial charge in [-0.3, -0.25) is 0 Å². The van der Waals surface area contributed by atoms with Gasteiger partial charge in [0.15, 0.2) is 5.82 Å². The standard InChI is InChI=1S/C10H16N4/c1-8(2)7-14(3)10-5-4-9(6-11)12-13-10/h4-5H,1,6-7,11H2,2-3H3. The molecule has 1 rings (SSSR count). The maximum atomic E-state index is 5.43. The molecule has 4 nitrogen and oxygen atoms in total. The fourth-order valence-electron chi connectivity index (χ4n) is 1.15. The lowest BCUT2D eigenvalue weighted by Gasteiger charge is -2.17. The molecule has 1 aromatic heterocycles. The summed E-state index contributed by atoms with van der Waals surface area (Å²) in [6.45, 7) is 7.05. The Labute approximate surface area is 84.4 Å². The van der Waals surface area contributed by atoms with Crippen molar-refractivity contribution in [3.8, 4) is 0 Å². The Morgan fingerprint density at radius 3 is 2.64 bits per heavy atom. The number of rotatable bonds is 4. The number of aromatic nitrogens is 2. The molecule has 4 heteroatoms. The van der Waals surface area contributed by atoms with E-state index < -0.39 is 0 Å². The zero-order valence-electron chi connectivity index (χ0n) is 8.70. The predicted molar refractivity (Wildman–Crippen MR) is 58.0 cm³/mol. The van der Waals surface area contributed by atoms with Gasteiger partial charge in [-0.25, -0.2) is 0 Å². The van der Waals surface area contributed by atoms with E-state index in [1.54, 1.807) is 0 Å². The molecular formula is C10H16N4.